The Morgan fingerprint density at radius 2 is 1.69 bits per heavy atom. The van der Waals surface area contributed by atoms with Crippen molar-refractivity contribution >= 4 is 55.7 Å². The van der Waals surface area contributed by atoms with Crippen LogP contribution in [0.4, 0.5) is 32.2 Å². The summed E-state index contributed by atoms with van der Waals surface area (Å²) >= 11 is 12.4. The Labute approximate surface area is 201 Å². The second-order valence-electron chi connectivity index (χ2n) is 7.49. The number of carbonyl (C=O) groups is 1. The summed E-state index contributed by atoms with van der Waals surface area (Å²) < 4.78 is 99.0. The van der Waals surface area contributed by atoms with E-state index in [0.29, 0.717) is 4.68 Å². The number of rotatable bonds is 3. The summed E-state index contributed by atoms with van der Waals surface area (Å²) in [5.41, 5.74) is 2.42. The number of aromatic nitrogens is 4. The number of halogens is 8. The van der Waals surface area contributed by atoms with E-state index < -0.39 is 62.4 Å². The molecule has 1 amide bonds. The topological polar surface area (TPSA) is 140 Å². The highest BCUT2D eigenvalue weighted by Crippen LogP contribution is 2.40. The number of fused-ring (bicyclic) bond motifs is 1. The summed E-state index contributed by atoms with van der Waals surface area (Å²) in [7, 11) is -2.72. The van der Waals surface area contributed by atoms with Gasteiger partial charge in [-0.3, -0.25) is 9.57 Å². The van der Waals surface area contributed by atoms with Crippen molar-refractivity contribution in [1.29, 1.82) is 4.78 Å². The zero-order chi connectivity index (χ0) is 26.1. The molecule has 18 heteroatoms. The van der Waals surface area contributed by atoms with Crippen LogP contribution in [0.1, 0.15) is 21.9 Å². The van der Waals surface area contributed by atoms with Gasteiger partial charge in [0.15, 0.2) is 11.3 Å². The largest absolute Gasteiger partial charge is 0.451 e. The first-order chi connectivity index (χ1) is 16.0. The molecule has 1 aliphatic rings. The highest BCUT2D eigenvalue weighted by molar-refractivity contribution is 7.93. The average molecular weight is 562 g/mol. The SMILES string of the molecule is N=S1(=O)CC(NC(=O)c2cc(Cl)c(-n3nc4nc(C(F)(F)F)nc(C(F)(F)F)c4c3N)c(Cl)c2)C1. The third-order valence-electron chi connectivity index (χ3n) is 4.86. The minimum Gasteiger partial charge on any atom is -0.383 e. The summed E-state index contributed by atoms with van der Waals surface area (Å²) in [4.78, 5) is 18.1. The fraction of sp³-hybridized carbons (Fsp3) is 0.294. The van der Waals surface area contributed by atoms with Gasteiger partial charge in [0.05, 0.1) is 33.0 Å². The minimum absolute atomic E-state index is 0.0306. The first-order valence-electron chi connectivity index (χ1n) is 9.23. The fourth-order valence-electron chi connectivity index (χ4n) is 3.37. The van der Waals surface area contributed by atoms with Crippen LogP contribution in [0.5, 0.6) is 0 Å². The molecule has 1 aromatic carbocycles. The van der Waals surface area contributed by atoms with Crippen LogP contribution in [0, 0.1) is 4.78 Å². The molecule has 2 aromatic heterocycles. The lowest BCUT2D eigenvalue weighted by atomic mass is 10.1. The van der Waals surface area contributed by atoms with E-state index in [1.54, 1.807) is 0 Å². The fourth-order valence-corrected chi connectivity index (χ4v) is 5.38. The van der Waals surface area contributed by atoms with Crippen LogP contribution in [0.2, 0.25) is 10.0 Å². The van der Waals surface area contributed by atoms with Crippen LogP contribution < -0.4 is 11.1 Å². The van der Waals surface area contributed by atoms with Gasteiger partial charge < -0.3 is 11.1 Å². The summed E-state index contributed by atoms with van der Waals surface area (Å²) in [5.74, 6) is -3.60. The molecule has 0 aliphatic carbocycles. The van der Waals surface area contributed by atoms with Crippen LogP contribution in [-0.4, -0.2) is 47.4 Å². The molecular weight excluding hydrogens is 551 g/mol. The standard InChI is InChI=1S/C17H11Cl2F6N7O2S/c18-7-1-5(14(33)28-6-3-35(27,34)4-6)2-8(19)10(7)32-12(26)9-11(16(20,21)22)29-15(17(23,24)25)30-13(9)31-32/h1-2,6,27H,3-4,26H2,(H,28,33). The van der Waals surface area contributed by atoms with Crippen molar-refractivity contribution in [3.8, 4) is 5.69 Å². The van der Waals surface area contributed by atoms with Gasteiger partial charge in [-0.1, -0.05) is 23.2 Å². The highest BCUT2D eigenvalue weighted by Gasteiger charge is 2.43. The summed E-state index contributed by atoms with van der Waals surface area (Å²) in [6, 6.07) is 1.66. The maximum atomic E-state index is 13.5. The lowest BCUT2D eigenvalue weighted by Crippen LogP contribution is -2.52. The number of alkyl halides is 6. The maximum absolute atomic E-state index is 13.5. The number of hydrogen-bond acceptors (Lipinski definition) is 7. The number of carbonyl (C=O) groups excluding carboxylic acids is 1. The van der Waals surface area contributed by atoms with E-state index >= 15 is 0 Å². The Balaban J connectivity index is 1.80. The maximum Gasteiger partial charge on any atom is 0.451 e. The van der Waals surface area contributed by atoms with Crippen molar-refractivity contribution in [2.24, 2.45) is 0 Å². The predicted molar refractivity (Wildman–Crippen MR) is 113 cm³/mol. The molecule has 0 atom stereocenters. The molecule has 4 rings (SSSR count). The Hall–Kier alpha value is -2.85. The van der Waals surface area contributed by atoms with E-state index in [9.17, 15) is 35.3 Å². The number of nitrogens with zero attached hydrogens (tertiary/aromatic N) is 4. The molecule has 1 saturated heterocycles. The number of nitrogens with two attached hydrogens (primary N) is 1. The van der Waals surface area contributed by atoms with Gasteiger partial charge in [-0.25, -0.2) is 18.9 Å². The van der Waals surface area contributed by atoms with Gasteiger partial charge in [-0.05, 0) is 12.1 Å². The Morgan fingerprint density at radius 3 is 2.17 bits per heavy atom. The van der Waals surface area contributed by atoms with Gasteiger partial charge in [-0.2, -0.15) is 26.3 Å². The summed E-state index contributed by atoms with van der Waals surface area (Å²) in [6.07, 6.45) is -10.6. The molecule has 1 fully saturated rings. The van der Waals surface area contributed by atoms with Crippen LogP contribution in [0.3, 0.4) is 0 Å². The van der Waals surface area contributed by atoms with E-state index in [2.05, 4.69) is 20.4 Å². The van der Waals surface area contributed by atoms with Crippen LogP contribution in [-0.2, 0) is 22.1 Å². The van der Waals surface area contributed by atoms with Gasteiger partial charge in [0, 0.05) is 15.3 Å². The summed E-state index contributed by atoms with van der Waals surface area (Å²) in [5, 5.41) is 4.52. The first kappa shape index (κ1) is 25.2. The number of nitrogens with one attached hydrogen (secondary N) is 2. The quantitative estimate of drug-likeness (QED) is 0.414. The van der Waals surface area contributed by atoms with Gasteiger partial charge in [0.1, 0.15) is 11.5 Å². The number of benzene rings is 1. The molecule has 3 aromatic rings. The lowest BCUT2D eigenvalue weighted by molar-refractivity contribution is -0.151. The Bertz CT molecular complexity index is 1450. The van der Waals surface area contributed by atoms with E-state index in [4.69, 9.17) is 33.7 Å². The molecule has 0 spiro atoms. The molecule has 0 bridgehead atoms. The van der Waals surface area contributed by atoms with Crippen LogP contribution in [0.15, 0.2) is 12.1 Å². The third kappa shape index (κ3) is 4.69. The number of hydrogen-bond donors (Lipinski definition) is 3. The summed E-state index contributed by atoms with van der Waals surface area (Å²) in [6.45, 7) is 0. The zero-order valence-corrected chi connectivity index (χ0v) is 19.1. The van der Waals surface area contributed by atoms with Crippen molar-refractivity contribution in [2.75, 3.05) is 17.2 Å². The van der Waals surface area contributed by atoms with Crippen molar-refractivity contribution in [2.45, 2.75) is 18.4 Å². The molecule has 188 valence electrons. The Morgan fingerprint density at radius 1 is 1.11 bits per heavy atom. The van der Waals surface area contributed by atoms with Crippen LogP contribution in [0.25, 0.3) is 16.7 Å². The minimum atomic E-state index is -5.33. The molecule has 1 aliphatic heterocycles. The van der Waals surface area contributed by atoms with Crippen molar-refractivity contribution in [1.82, 2.24) is 25.1 Å². The monoisotopic (exact) mass is 561 g/mol. The average Bonchev–Trinajstić information content (AvgIpc) is 3.00. The molecule has 4 N–H and O–H groups in total. The number of anilines is 1. The normalized spacial score (nSPS) is 20.6. The zero-order valence-electron chi connectivity index (χ0n) is 16.8. The second kappa shape index (κ2) is 8.09. The molecule has 0 saturated carbocycles. The van der Waals surface area contributed by atoms with Gasteiger partial charge in [0.25, 0.3) is 5.91 Å². The van der Waals surface area contributed by atoms with Crippen molar-refractivity contribution in [3.05, 3.63) is 39.3 Å². The van der Waals surface area contributed by atoms with E-state index in [-0.39, 0.29) is 32.8 Å². The Kier molecular flexibility index (Phi) is 5.84. The van der Waals surface area contributed by atoms with Gasteiger partial charge >= 0.3 is 12.4 Å². The van der Waals surface area contributed by atoms with E-state index in [0.717, 1.165) is 12.1 Å². The molecule has 0 radical (unpaired) electrons. The number of nitrogen functional groups attached to an aromatic ring is 1. The molecule has 35 heavy (non-hydrogen) atoms. The van der Waals surface area contributed by atoms with Crippen molar-refractivity contribution < 1.29 is 35.3 Å². The van der Waals surface area contributed by atoms with Gasteiger partial charge in [0.2, 0.25) is 5.82 Å². The second-order valence-corrected chi connectivity index (χ2v) is 10.6. The predicted octanol–water partition coefficient (Wildman–Crippen LogP) is 3.90. The van der Waals surface area contributed by atoms with E-state index in [1.165, 1.54) is 0 Å². The third-order valence-corrected chi connectivity index (χ3v) is 7.32. The molecule has 3 heterocycles. The molecule has 0 unspecified atom stereocenters. The van der Waals surface area contributed by atoms with Crippen LogP contribution >= 0.6 is 23.2 Å². The smallest absolute Gasteiger partial charge is 0.383 e. The van der Waals surface area contributed by atoms with Gasteiger partial charge in [-0.15, -0.1) is 5.10 Å². The molecule has 9 nitrogen and oxygen atoms in total. The number of amides is 1. The first-order valence-corrected chi connectivity index (χ1v) is 11.9. The molecular formula is C17H11Cl2F6N7O2S. The van der Waals surface area contributed by atoms with E-state index in [1.807, 2.05) is 0 Å². The highest BCUT2D eigenvalue weighted by atomic mass is 35.5. The van der Waals surface area contributed by atoms with Crippen molar-refractivity contribution in [3.63, 3.8) is 0 Å². The lowest BCUT2D eigenvalue weighted by Gasteiger charge is -2.29.